The fourth-order valence-electron chi connectivity index (χ4n) is 1.99. The van der Waals surface area contributed by atoms with E-state index in [4.69, 9.17) is 22.6 Å². The van der Waals surface area contributed by atoms with Crippen LogP contribution in [0.4, 0.5) is 11.4 Å². The first kappa shape index (κ1) is 17.3. The highest BCUT2D eigenvalue weighted by molar-refractivity contribution is 6.34. The van der Waals surface area contributed by atoms with Crippen LogP contribution >= 0.6 is 11.6 Å². The quantitative estimate of drug-likeness (QED) is 0.792. The number of rotatable bonds is 6. The minimum atomic E-state index is -0.348. The molecule has 5 nitrogen and oxygen atoms in total. The summed E-state index contributed by atoms with van der Waals surface area (Å²) in [5.74, 6) is -0.283. The Morgan fingerprint density at radius 3 is 2.71 bits per heavy atom. The van der Waals surface area contributed by atoms with E-state index in [1.54, 1.807) is 18.2 Å². The zero-order valence-corrected chi connectivity index (χ0v) is 13.3. The van der Waals surface area contributed by atoms with Gasteiger partial charge >= 0.3 is 0 Å². The Morgan fingerprint density at radius 2 is 2.19 bits per heavy atom. The van der Waals surface area contributed by atoms with Gasteiger partial charge in [-0.05, 0) is 38.6 Å². The molecule has 3 N–H and O–H groups in total. The molecule has 0 aliphatic rings. The highest BCUT2D eigenvalue weighted by Gasteiger charge is 2.22. The van der Waals surface area contributed by atoms with Crippen LogP contribution in [0.1, 0.15) is 20.8 Å². The molecule has 1 aromatic rings. The van der Waals surface area contributed by atoms with Gasteiger partial charge in [0.25, 0.3) is 0 Å². The van der Waals surface area contributed by atoms with Crippen molar-refractivity contribution in [3.05, 3.63) is 23.2 Å². The maximum Gasteiger partial charge on any atom is 0.241 e. The van der Waals surface area contributed by atoms with Crippen LogP contribution in [0.25, 0.3) is 0 Å². The summed E-state index contributed by atoms with van der Waals surface area (Å²) in [5, 5.41) is 12.1. The monoisotopic (exact) mass is 308 g/mol. The van der Waals surface area contributed by atoms with Gasteiger partial charge in [0.1, 0.15) is 0 Å². The predicted octanol–water partition coefficient (Wildman–Crippen LogP) is 2.73. The van der Waals surface area contributed by atoms with Crippen molar-refractivity contribution in [2.45, 2.75) is 26.8 Å². The lowest BCUT2D eigenvalue weighted by Crippen LogP contribution is -2.43. The number of hydrogen-bond donors (Lipinski definition) is 2. The molecular weight excluding hydrogens is 288 g/mol. The molecule has 2 atom stereocenters. The van der Waals surface area contributed by atoms with Crippen LogP contribution in [0.2, 0.25) is 5.02 Å². The number of nitrogens with two attached hydrogens (primary N) is 1. The van der Waals surface area contributed by atoms with Crippen molar-refractivity contribution in [1.29, 1.82) is 5.26 Å². The molecule has 0 aliphatic carbocycles. The number of nitrogens with zero attached hydrogens (tertiary/aromatic N) is 2. The Balaban J connectivity index is 2.75. The summed E-state index contributed by atoms with van der Waals surface area (Å²) >= 11 is 6.05. The summed E-state index contributed by atoms with van der Waals surface area (Å²) < 4.78 is 0. The molecule has 0 bridgehead atoms. The second-order valence-corrected chi connectivity index (χ2v) is 5.43. The molecule has 0 saturated heterocycles. The average Bonchev–Trinajstić information content (AvgIpc) is 2.46. The van der Waals surface area contributed by atoms with Gasteiger partial charge in [0.05, 0.1) is 28.7 Å². The van der Waals surface area contributed by atoms with Gasteiger partial charge in [-0.25, -0.2) is 0 Å². The molecule has 1 rings (SSSR count). The van der Waals surface area contributed by atoms with E-state index in [-0.39, 0.29) is 17.9 Å². The van der Waals surface area contributed by atoms with Gasteiger partial charge in [-0.15, -0.1) is 0 Å². The molecule has 6 heteroatoms. The molecule has 0 radical (unpaired) electrons. The second kappa shape index (κ2) is 7.87. The summed E-state index contributed by atoms with van der Waals surface area (Å²) in [6, 6.07) is 6.79. The van der Waals surface area contributed by atoms with Crippen LogP contribution in [0.5, 0.6) is 0 Å². The SMILES string of the molecule is CCN(CC(C)C#N)C(C)C(=O)Nc1ccc(N)cc1Cl. The molecule has 21 heavy (non-hydrogen) atoms. The molecule has 0 spiro atoms. The van der Waals surface area contributed by atoms with E-state index in [1.165, 1.54) is 0 Å². The predicted molar refractivity (Wildman–Crippen MR) is 86.0 cm³/mol. The largest absolute Gasteiger partial charge is 0.399 e. The van der Waals surface area contributed by atoms with Crippen molar-refractivity contribution in [2.75, 3.05) is 24.1 Å². The van der Waals surface area contributed by atoms with Crippen molar-refractivity contribution < 1.29 is 4.79 Å². The lowest BCUT2D eigenvalue weighted by Gasteiger charge is -2.27. The second-order valence-electron chi connectivity index (χ2n) is 5.02. The van der Waals surface area contributed by atoms with Crippen LogP contribution in [0.15, 0.2) is 18.2 Å². The number of carbonyl (C=O) groups excluding carboxylic acids is 1. The summed E-state index contributed by atoms with van der Waals surface area (Å²) in [4.78, 5) is 14.2. The Kier molecular flexibility index (Phi) is 6.47. The van der Waals surface area contributed by atoms with E-state index in [9.17, 15) is 4.79 Å². The Morgan fingerprint density at radius 1 is 1.52 bits per heavy atom. The highest BCUT2D eigenvalue weighted by atomic mass is 35.5. The van der Waals surface area contributed by atoms with Crippen LogP contribution < -0.4 is 11.1 Å². The Bertz CT molecular complexity index is 541. The number of nitrogen functional groups attached to an aromatic ring is 1. The number of halogens is 1. The van der Waals surface area contributed by atoms with Crippen molar-refractivity contribution in [1.82, 2.24) is 4.90 Å². The smallest absolute Gasteiger partial charge is 0.241 e. The topological polar surface area (TPSA) is 82.2 Å². The van der Waals surface area contributed by atoms with Gasteiger partial charge < -0.3 is 11.1 Å². The van der Waals surface area contributed by atoms with E-state index in [1.807, 2.05) is 25.7 Å². The first-order chi connectivity index (χ1) is 9.88. The number of nitriles is 1. The first-order valence-corrected chi connectivity index (χ1v) is 7.26. The van der Waals surface area contributed by atoms with Gasteiger partial charge in [0, 0.05) is 12.2 Å². The molecule has 0 heterocycles. The van der Waals surface area contributed by atoms with Gasteiger partial charge in [0.15, 0.2) is 0 Å². The summed E-state index contributed by atoms with van der Waals surface area (Å²) in [5.41, 5.74) is 6.70. The molecule has 1 amide bonds. The van der Waals surface area contributed by atoms with Crippen LogP contribution in [-0.4, -0.2) is 29.9 Å². The maximum absolute atomic E-state index is 12.3. The molecule has 2 unspecified atom stereocenters. The molecule has 114 valence electrons. The van der Waals surface area contributed by atoms with E-state index >= 15 is 0 Å². The first-order valence-electron chi connectivity index (χ1n) is 6.88. The molecule has 0 aliphatic heterocycles. The lowest BCUT2D eigenvalue weighted by atomic mass is 10.1. The third-order valence-electron chi connectivity index (χ3n) is 3.31. The number of carbonyl (C=O) groups is 1. The minimum absolute atomic E-state index is 0.125. The number of nitrogens with one attached hydrogen (secondary N) is 1. The third-order valence-corrected chi connectivity index (χ3v) is 3.63. The van der Waals surface area contributed by atoms with Crippen LogP contribution in [0.3, 0.4) is 0 Å². The fourth-order valence-corrected chi connectivity index (χ4v) is 2.23. The zero-order chi connectivity index (χ0) is 16.0. The van der Waals surface area contributed by atoms with Crippen molar-refractivity contribution in [3.63, 3.8) is 0 Å². The molecule has 1 aromatic carbocycles. The maximum atomic E-state index is 12.3. The van der Waals surface area contributed by atoms with Crippen LogP contribution in [-0.2, 0) is 4.79 Å². The standard InChI is InChI=1S/C15H21ClN4O/c1-4-20(9-10(2)8-17)11(3)15(21)19-14-6-5-12(18)7-13(14)16/h5-7,10-11H,4,9,18H2,1-3H3,(H,19,21). The van der Waals surface area contributed by atoms with E-state index < -0.39 is 0 Å². The number of hydrogen-bond acceptors (Lipinski definition) is 4. The van der Waals surface area contributed by atoms with Gasteiger partial charge in [-0.2, -0.15) is 5.26 Å². The van der Waals surface area contributed by atoms with E-state index in [0.29, 0.717) is 29.5 Å². The molecule has 0 saturated carbocycles. The number of amides is 1. The number of anilines is 2. The number of likely N-dealkylation sites (N-methyl/N-ethyl adjacent to an activating group) is 1. The van der Waals surface area contributed by atoms with E-state index in [2.05, 4.69) is 11.4 Å². The Hall–Kier alpha value is -1.77. The fraction of sp³-hybridized carbons (Fsp3) is 0.467. The summed E-state index contributed by atoms with van der Waals surface area (Å²) in [6.07, 6.45) is 0. The van der Waals surface area contributed by atoms with Gasteiger partial charge in [-0.3, -0.25) is 9.69 Å². The van der Waals surface area contributed by atoms with Gasteiger partial charge in [-0.1, -0.05) is 18.5 Å². The average molecular weight is 309 g/mol. The minimum Gasteiger partial charge on any atom is -0.399 e. The Labute approximate surface area is 130 Å². The summed E-state index contributed by atoms with van der Waals surface area (Å²) in [7, 11) is 0. The van der Waals surface area contributed by atoms with Crippen LogP contribution in [0, 0.1) is 17.2 Å². The third kappa shape index (κ3) is 4.92. The van der Waals surface area contributed by atoms with Gasteiger partial charge in [0.2, 0.25) is 5.91 Å². The molecule has 0 fully saturated rings. The lowest BCUT2D eigenvalue weighted by molar-refractivity contribution is -0.120. The number of benzene rings is 1. The van der Waals surface area contributed by atoms with E-state index in [0.717, 1.165) is 0 Å². The normalized spacial score (nSPS) is 13.5. The molecular formula is C15H21ClN4O. The zero-order valence-electron chi connectivity index (χ0n) is 12.6. The highest BCUT2D eigenvalue weighted by Crippen LogP contribution is 2.24. The molecule has 0 aromatic heterocycles. The van der Waals surface area contributed by atoms with Crippen molar-refractivity contribution in [2.24, 2.45) is 5.92 Å². The van der Waals surface area contributed by atoms with Crippen molar-refractivity contribution in [3.8, 4) is 6.07 Å². The summed E-state index contributed by atoms with van der Waals surface area (Å²) in [6.45, 7) is 6.86. The van der Waals surface area contributed by atoms with Crippen molar-refractivity contribution >= 4 is 28.9 Å².